The lowest BCUT2D eigenvalue weighted by molar-refractivity contribution is 0.645. The second kappa shape index (κ2) is 12.1. The first kappa shape index (κ1) is 30.3. The number of para-hydroxylation sites is 5. The maximum absolute atomic E-state index is 6.60. The molecule has 3 aromatic heterocycles. The van der Waals surface area contributed by atoms with Gasteiger partial charge in [-0.2, -0.15) is 0 Å². The maximum atomic E-state index is 6.60. The van der Waals surface area contributed by atoms with Gasteiger partial charge in [0.1, 0.15) is 11.2 Å². The van der Waals surface area contributed by atoms with Crippen LogP contribution in [0.2, 0.25) is 0 Å². The molecule has 0 saturated heterocycles. The van der Waals surface area contributed by atoms with Gasteiger partial charge in [-0.25, -0.2) is 0 Å². The van der Waals surface area contributed by atoms with Crippen molar-refractivity contribution < 1.29 is 8.83 Å². The maximum Gasteiger partial charge on any atom is 0.213 e. The number of anilines is 3. The van der Waals surface area contributed by atoms with Gasteiger partial charge in [0.15, 0.2) is 5.58 Å². The fourth-order valence-corrected chi connectivity index (χ4v) is 8.15. The van der Waals surface area contributed by atoms with Crippen LogP contribution in [-0.4, -0.2) is 4.57 Å². The molecule has 0 aliphatic rings. The number of aromatic nitrogens is 1. The molecule has 54 heavy (non-hydrogen) atoms. The molecule has 4 nitrogen and oxygen atoms in total. The SMILES string of the molecule is c1ccc(-c2ccc(N(c3ccc(-c4cccc5c6c7ccccc7oc6n(-c6ccccc6)c45)cc3)c3cccc4c3oc3ccccc34)cc2)cc1. The van der Waals surface area contributed by atoms with Gasteiger partial charge >= 0.3 is 0 Å². The number of benzene rings is 8. The summed E-state index contributed by atoms with van der Waals surface area (Å²) in [5, 5.41) is 5.62. The molecule has 0 bridgehead atoms. The van der Waals surface area contributed by atoms with E-state index in [-0.39, 0.29) is 0 Å². The van der Waals surface area contributed by atoms with E-state index in [9.17, 15) is 0 Å². The highest BCUT2D eigenvalue weighted by atomic mass is 16.3. The monoisotopic (exact) mass is 692 g/mol. The Bertz CT molecular complexity index is 3130. The number of fused-ring (bicyclic) bond motifs is 8. The highest BCUT2D eigenvalue weighted by Crippen LogP contribution is 2.45. The van der Waals surface area contributed by atoms with E-state index < -0.39 is 0 Å². The predicted octanol–water partition coefficient (Wildman–Crippen LogP) is 14.2. The zero-order chi connectivity index (χ0) is 35.6. The molecule has 4 heteroatoms. The molecule has 0 aliphatic carbocycles. The second-order valence-electron chi connectivity index (χ2n) is 13.7. The van der Waals surface area contributed by atoms with E-state index in [2.05, 4.69) is 179 Å². The molecule has 0 radical (unpaired) electrons. The van der Waals surface area contributed by atoms with Crippen LogP contribution in [0.3, 0.4) is 0 Å². The highest BCUT2D eigenvalue weighted by molar-refractivity contribution is 6.22. The summed E-state index contributed by atoms with van der Waals surface area (Å²) < 4.78 is 15.5. The lowest BCUT2D eigenvalue weighted by Crippen LogP contribution is -2.10. The van der Waals surface area contributed by atoms with Crippen LogP contribution in [0.1, 0.15) is 0 Å². The smallest absolute Gasteiger partial charge is 0.213 e. The predicted molar refractivity (Wildman–Crippen MR) is 223 cm³/mol. The zero-order valence-corrected chi connectivity index (χ0v) is 29.2. The number of hydrogen-bond donors (Lipinski definition) is 0. The van der Waals surface area contributed by atoms with Crippen molar-refractivity contribution in [3.05, 3.63) is 194 Å². The molecule has 0 aliphatic heterocycles. The average molecular weight is 693 g/mol. The Morgan fingerprint density at radius 1 is 0.389 bits per heavy atom. The summed E-state index contributed by atoms with van der Waals surface area (Å²) in [4.78, 5) is 2.30. The molecule has 0 atom stereocenters. The Kier molecular flexibility index (Phi) is 6.82. The van der Waals surface area contributed by atoms with Crippen LogP contribution in [0.15, 0.2) is 203 Å². The van der Waals surface area contributed by atoms with Crippen LogP contribution in [0, 0.1) is 0 Å². The molecule has 11 aromatic rings. The third-order valence-corrected chi connectivity index (χ3v) is 10.6. The van der Waals surface area contributed by atoms with Crippen molar-refractivity contribution in [2.45, 2.75) is 0 Å². The minimum Gasteiger partial charge on any atom is -0.454 e. The molecule has 0 fully saturated rings. The van der Waals surface area contributed by atoms with Gasteiger partial charge in [0.2, 0.25) is 5.71 Å². The van der Waals surface area contributed by atoms with Gasteiger partial charge in [-0.05, 0) is 71.3 Å². The Morgan fingerprint density at radius 2 is 0.944 bits per heavy atom. The Morgan fingerprint density at radius 3 is 1.69 bits per heavy atom. The van der Waals surface area contributed by atoms with Crippen molar-refractivity contribution in [1.29, 1.82) is 0 Å². The summed E-state index contributed by atoms with van der Waals surface area (Å²) in [5.74, 6) is 0. The van der Waals surface area contributed by atoms with Gasteiger partial charge in [0.05, 0.1) is 16.6 Å². The number of furan rings is 2. The first-order valence-corrected chi connectivity index (χ1v) is 18.3. The quantitative estimate of drug-likeness (QED) is 0.174. The summed E-state index contributed by atoms with van der Waals surface area (Å²) in [5.41, 5.74) is 13.3. The minimum atomic E-state index is 0.852. The summed E-state index contributed by atoms with van der Waals surface area (Å²) in [6.07, 6.45) is 0. The summed E-state index contributed by atoms with van der Waals surface area (Å²) >= 11 is 0. The normalized spacial score (nSPS) is 11.7. The molecule has 0 spiro atoms. The molecular weight excluding hydrogens is 661 g/mol. The van der Waals surface area contributed by atoms with E-state index in [1.54, 1.807) is 0 Å². The van der Waals surface area contributed by atoms with Crippen LogP contribution in [0.5, 0.6) is 0 Å². The zero-order valence-electron chi connectivity index (χ0n) is 29.2. The summed E-state index contributed by atoms with van der Waals surface area (Å²) in [6.45, 7) is 0. The number of nitrogens with zero attached hydrogens (tertiary/aromatic N) is 2. The molecule has 8 aromatic carbocycles. The van der Waals surface area contributed by atoms with Crippen molar-refractivity contribution in [1.82, 2.24) is 4.57 Å². The number of hydrogen-bond acceptors (Lipinski definition) is 3. The van der Waals surface area contributed by atoms with E-state index in [4.69, 9.17) is 8.83 Å². The van der Waals surface area contributed by atoms with E-state index in [0.717, 1.165) is 88.8 Å². The molecule has 3 heterocycles. The van der Waals surface area contributed by atoms with Gasteiger partial charge in [0.25, 0.3) is 0 Å². The van der Waals surface area contributed by atoms with Gasteiger partial charge in [0, 0.05) is 44.2 Å². The lowest BCUT2D eigenvalue weighted by Gasteiger charge is -2.26. The highest BCUT2D eigenvalue weighted by Gasteiger charge is 2.23. The molecule has 0 amide bonds. The molecule has 0 N–H and O–H groups in total. The Balaban J connectivity index is 1.09. The largest absolute Gasteiger partial charge is 0.454 e. The molecule has 254 valence electrons. The Hall–Kier alpha value is -7.30. The van der Waals surface area contributed by atoms with Crippen molar-refractivity contribution >= 4 is 72.0 Å². The average Bonchev–Trinajstić information content (AvgIpc) is 3.91. The summed E-state index contributed by atoms with van der Waals surface area (Å²) in [7, 11) is 0. The molecule has 0 saturated carbocycles. The van der Waals surface area contributed by atoms with Crippen LogP contribution >= 0.6 is 0 Å². The van der Waals surface area contributed by atoms with E-state index in [1.165, 1.54) is 11.1 Å². The topological polar surface area (TPSA) is 34.5 Å². The molecule has 11 rings (SSSR count). The van der Waals surface area contributed by atoms with Crippen LogP contribution in [0.4, 0.5) is 17.1 Å². The fourth-order valence-electron chi connectivity index (χ4n) is 8.15. The second-order valence-corrected chi connectivity index (χ2v) is 13.7. The lowest BCUT2D eigenvalue weighted by atomic mass is 10.0. The van der Waals surface area contributed by atoms with Gasteiger partial charge in [-0.15, -0.1) is 0 Å². The Labute approximate surface area is 311 Å². The van der Waals surface area contributed by atoms with Gasteiger partial charge in [-0.3, -0.25) is 4.57 Å². The van der Waals surface area contributed by atoms with Crippen LogP contribution in [0.25, 0.3) is 82.9 Å². The molecular formula is C50H32N2O2. The first-order chi connectivity index (χ1) is 26.8. The van der Waals surface area contributed by atoms with Gasteiger partial charge < -0.3 is 13.7 Å². The fraction of sp³-hybridized carbons (Fsp3) is 0. The minimum absolute atomic E-state index is 0.852. The van der Waals surface area contributed by atoms with Crippen molar-refractivity contribution in [3.8, 4) is 27.9 Å². The van der Waals surface area contributed by atoms with Crippen LogP contribution in [-0.2, 0) is 0 Å². The van der Waals surface area contributed by atoms with Crippen molar-refractivity contribution in [3.63, 3.8) is 0 Å². The van der Waals surface area contributed by atoms with Crippen LogP contribution < -0.4 is 4.90 Å². The van der Waals surface area contributed by atoms with Gasteiger partial charge in [-0.1, -0.05) is 140 Å². The van der Waals surface area contributed by atoms with E-state index >= 15 is 0 Å². The van der Waals surface area contributed by atoms with Crippen molar-refractivity contribution in [2.24, 2.45) is 0 Å². The molecule has 0 unspecified atom stereocenters. The van der Waals surface area contributed by atoms with E-state index in [0.29, 0.717) is 0 Å². The standard InChI is InChI=1S/C50H32N2O2/c1-3-13-33(14-4-1)34-25-29-37(30-26-34)51(44-22-12-20-41-40-17-7-9-23-45(40)53-49(41)44)38-31-27-35(28-32-38)39-19-11-21-43-47-42-18-8-10-24-46(42)54-50(47)52(48(39)43)36-15-5-2-6-16-36/h1-32H. The first-order valence-electron chi connectivity index (χ1n) is 18.3. The third-order valence-electron chi connectivity index (χ3n) is 10.6. The van der Waals surface area contributed by atoms with Crippen molar-refractivity contribution in [2.75, 3.05) is 4.90 Å². The number of rotatable bonds is 6. The summed E-state index contributed by atoms with van der Waals surface area (Å²) in [6, 6.07) is 68.3. The van der Waals surface area contributed by atoms with E-state index in [1.807, 2.05) is 24.3 Å². The third kappa shape index (κ3) is 4.70.